The zero-order chi connectivity index (χ0) is 19.2. The summed E-state index contributed by atoms with van der Waals surface area (Å²) in [6, 6.07) is 14.2. The van der Waals surface area contributed by atoms with Crippen LogP contribution in [0, 0.1) is 0 Å². The van der Waals surface area contributed by atoms with Gasteiger partial charge in [0.15, 0.2) is 0 Å². The number of carbonyl (C=O) groups excluding carboxylic acids is 2. The number of rotatable bonds is 7. The van der Waals surface area contributed by atoms with Gasteiger partial charge in [-0.3, -0.25) is 9.59 Å². The van der Waals surface area contributed by atoms with Crippen molar-refractivity contribution in [1.29, 1.82) is 0 Å². The van der Waals surface area contributed by atoms with E-state index in [1.54, 1.807) is 35.9 Å². The molecule has 2 aromatic carbocycles. The number of carbonyl (C=O) groups is 2. The lowest BCUT2D eigenvalue weighted by atomic mass is 10.2. The average Bonchev–Trinajstić information content (AvgIpc) is 3.03. The van der Waals surface area contributed by atoms with Gasteiger partial charge in [0.1, 0.15) is 6.54 Å². The molecule has 4 N–H and O–H groups in total. The smallest absolute Gasteiger partial charge is 0.251 e. The van der Waals surface area contributed by atoms with Crippen LogP contribution in [0.1, 0.15) is 10.4 Å². The first-order valence-corrected chi connectivity index (χ1v) is 8.54. The fraction of sp³-hybridized carbons (Fsp3) is 0.211. The van der Waals surface area contributed by atoms with E-state index in [4.69, 9.17) is 5.11 Å². The lowest BCUT2D eigenvalue weighted by Gasteiger charge is -2.11. The number of aliphatic hydroxyl groups excluding tert-OH is 1. The molecule has 3 aromatic rings. The summed E-state index contributed by atoms with van der Waals surface area (Å²) in [5.41, 5.74) is 2.71. The predicted octanol–water partition coefficient (Wildman–Crippen LogP) is 1.44. The van der Waals surface area contributed by atoms with Gasteiger partial charge in [0.05, 0.1) is 17.6 Å². The van der Waals surface area contributed by atoms with Crippen molar-refractivity contribution in [2.75, 3.05) is 30.8 Å². The Labute approximate surface area is 156 Å². The van der Waals surface area contributed by atoms with Crippen LogP contribution in [0.15, 0.2) is 48.5 Å². The second-order valence-electron chi connectivity index (χ2n) is 5.87. The third-order valence-corrected chi connectivity index (χ3v) is 4.01. The topological polar surface area (TPSA) is 108 Å². The minimum Gasteiger partial charge on any atom is -0.395 e. The van der Waals surface area contributed by atoms with Crippen LogP contribution in [0.4, 0.5) is 11.6 Å². The zero-order valence-electron chi connectivity index (χ0n) is 14.9. The summed E-state index contributed by atoms with van der Waals surface area (Å²) in [7, 11) is 1.57. The summed E-state index contributed by atoms with van der Waals surface area (Å²) < 4.78 is 1.76. The molecule has 3 rings (SSSR count). The minimum absolute atomic E-state index is 0.0346. The number of imidazole rings is 1. The van der Waals surface area contributed by atoms with Crippen LogP contribution in [0.5, 0.6) is 0 Å². The van der Waals surface area contributed by atoms with Crippen LogP contribution in [0.25, 0.3) is 11.0 Å². The first-order valence-electron chi connectivity index (χ1n) is 8.54. The van der Waals surface area contributed by atoms with E-state index in [0.29, 0.717) is 23.7 Å². The fourth-order valence-corrected chi connectivity index (χ4v) is 2.73. The Bertz CT molecular complexity index is 950. The molecule has 0 fully saturated rings. The molecule has 1 aromatic heterocycles. The van der Waals surface area contributed by atoms with Gasteiger partial charge in [-0.05, 0) is 36.4 Å². The van der Waals surface area contributed by atoms with E-state index in [1.807, 2.05) is 24.3 Å². The molecule has 2 amide bonds. The highest BCUT2D eigenvalue weighted by Crippen LogP contribution is 2.19. The molecule has 8 nitrogen and oxygen atoms in total. The largest absolute Gasteiger partial charge is 0.395 e. The summed E-state index contributed by atoms with van der Waals surface area (Å²) in [6.07, 6.45) is 0. The number of hydrogen-bond acceptors (Lipinski definition) is 5. The van der Waals surface area contributed by atoms with Crippen molar-refractivity contribution in [3.8, 4) is 0 Å². The van der Waals surface area contributed by atoms with E-state index >= 15 is 0 Å². The highest BCUT2D eigenvalue weighted by atomic mass is 16.3. The van der Waals surface area contributed by atoms with Crippen molar-refractivity contribution >= 4 is 34.5 Å². The molecule has 0 spiro atoms. The van der Waals surface area contributed by atoms with Crippen LogP contribution in [-0.4, -0.2) is 46.7 Å². The standard InChI is InChI=1S/C19H21N5O3/c1-20-18(27)13-6-8-14(9-7-13)22-17(26)12-24-16-5-3-2-4-15(16)23-19(24)21-10-11-25/h2-9,25H,10-12H2,1H3,(H,20,27)(H,21,23)(H,22,26). The molecule has 0 bridgehead atoms. The maximum atomic E-state index is 12.5. The second-order valence-corrected chi connectivity index (χ2v) is 5.87. The van der Waals surface area contributed by atoms with Gasteiger partial charge in [0.2, 0.25) is 11.9 Å². The summed E-state index contributed by atoms with van der Waals surface area (Å²) >= 11 is 0. The number of nitrogens with zero attached hydrogens (tertiary/aromatic N) is 2. The van der Waals surface area contributed by atoms with Crippen molar-refractivity contribution in [1.82, 2.24) is 14.9 Å². The molecule has 0 atom stereocenters. The van der Waals surface area contributed by atoms with Crippen LogP contribution in [0.3, 0.4) is 0 Å². The Balaban J connectivity index is 1.76. The Kier molecular flexibility index (Phi) is 5.68. The summed E-state index contributed by atoms with van der Waals surface area (Å²) in [4.78, 5) is 28.5. The van der Waals surface area contributed by atoms with Crippen LogP contribution in [-0.2, 0) is 11.3 Å². The Morgan fingerprint density at radius 2 is 1.85 bits per heavy atom. The first-order chi connectivity index (χ1) is 13.1. The summed E-state index contributed by atoms with van der Waals surface area (Å²) in [5.74, 6) is 0.116. The minimum atomic E-state index is -0.224. The quantitative estimate of drug-likeness (QED) is 0.505. The van der Waals surface area contributed by atoms with E-state index < -0.39 is 0 Å². The normalized spacial score (nSPS) is 10.6. The third kappa shape index (κ3) is 4.24. The van der Waals surface area contributed by atoms with Crippen molar-refractivity contribution < 1.29 is 14.7 Å². The summed E-state index contributed by atoms with van der Waals surface area (Å²) in [5, 5.41) is 17.4. The third-order valence-electron chi connectivity index (χ3n) is 4.01. The van der Waals surface area contributed by atoms with Gasteiger partial charge in [-0.15, -0.1) is 0 Å². The van der Waals surface area contributed by atoms with Gasteiger partial charge in [0.25, 0.3) is 5.91 Å². The Morgan fingerprint density at radius 1 is 1.11 bits per heavy atom. The van der Waals surface area contributed by atoms with Crippen LogP contribution >= 0.6 is 0 Å². The number of aliphatic hydroxyl groups is 1. The molecule has 0 saturated heterocycles. The SMILES string of the molecule is CNC(=O)c1ccc(NC(=O)Cn2c(NCCO)nc3ccccc32)cc1. The number of aromatic nitrogens is 2. The van der Waals surface area contributed by atoms with Gasteiger partial charge in [-0.2, -0.15) is 0 Å². The highest BCUT2D eigenvalue weighted by molar-refractivity contribution is 5.96. The molecule has 0 unspecified atom stereocenters. The lowest BCUT2D eigenvalue weighted by Crippen LogP contribution is -2.21. The van der Waals surface area contributed by atoms with E-state index in [2.05, 4.69) is 20.9 Å². The number of hydrogen-bond donors (Lipinski definition) is 4. The van der Waals surface area contributed by atoms with Crippen LogP contribution in [0.2, 0.25) is 0 Å². The number of para-hydroxylation sites is 2. The molecule has 0 saturated carbocycles. The van der Waals surface area contributed by atoms with Crippen molar-refractivity contribution in [3.05, 3.63) is 54.1 Å². The number of amides is 2. The van der Waals surface area contributed by atoms with Crippen molar-refractivity contribution in [2.45, 2.75) is 6.54 Å². The maximum absolute atomic E-state index is 12.5. The Morgan fingerprint density at radius 3 is 2.56 bits per heavy atom. The summed E-state index contributed by atoms with van der Waals surface area (Å²) in [6.45, 7) is 0.366. The number of nitrogens with one attached hydrogen (secondary N) is 3. The highest BCUT2D eigenvalue weighted by Gasteiger charge is 2.13. The monoisotopic (exact) mass is 367 g/mol. The average molecular weight is 367 g/mol. The number of anilines is 2. The lowest BCUT2D eigenvalue weighted by molar-refractivity contribution is -0.116. The predicted molar refractivity (Wildman–Crippen MR) is 104 cm³/mol. The van der Waals surface area contributed by atoms with E-state index in [1.165, 1.54) is 0 Å². The van der Waals surface area contributed by atoms with Gasteiger partial charge >= 0.3 is 0 Å². The molecule has 0 aliphatic heterocycles. The second kappa shape index (κ2) is 8.33. The molecule has 0 aliphatic rings. The van der Waals surface area contributed by atoms with Gasteiger partial charge in [-0.25, -0.2) is 4.98 Å². The number of fused-ring (bicyclic) bond motifs is 1. The molecule has 0 radical (unpaired) electrons. The Hall–Kier alpha value is -3.39. The molecular weight excluding hydrogens is 346 g/mol. The van der Waals surface area contributed by atoms with Gasteiger partial charge in [-0.1, -0.05) is 12.1 Å². The van der Waals surface area contributed by atoms with Crippen molar-refractivity contribution in [2.24, 2.45) is 0 Å². The van der Waals surface area contributed by atoms with E-state index in [-0.39, 0.29) is 25.0 Å². The van der Waals surface area contributed by atoms with E-state index in [0.717, 1.165) is 11.0 Å². The van der Waals surface area contributed by atoms with E-state index in [9.17, 15) is 9.59 Å². The van der Waals surface area contributed by atoms with Gasteiger partial charge < -0.3 is 25.6 Å². The van der Waals surface area contributed by atoms with Crippen molar-refractivity contribution in [3.63, 3.8) is 0 Å². The molecule has 27 heavy (non-hydrogen) atoms. The first kappa shape index (κ1) is 18.4. The molecule has 8 heteroatoms. The fourth-order valence-electron chi connectivity index (χ4n) is 2.73. The molecular formula is C19H21N5O3. The molecule has 0 aliphatic carbocycles. The molecule has 1 heterocycles. The molecule has 140 valence electrons. The van der Waals surface area contributed by atoms with Gasteiger partial charge in [0, 0.05) is 24.8 Å². The zero-order valence-corrected chi connectivity index (χ0v) is 14.9. The van der Waals surface area contributed by atoms with Crippen LogP contribution < -0.4 is 16.0 Å². The maximum Gasteiger partial charge on any atom is 0.251 e. The number of benzene rings is 2.